The molecule has 1 N–H and O–H groups in total. The molecule has 0 aromatic heterocycles. The van der Waals surface area contributed by atoms with Crippen molar-refractivity contribution in [3.8, 4) is 0 Å². The standard InChI is InChI=1S/C4H9N.Na.H/c1-2-4-5-3-1;;/h5H,1-4H2;;/q;+1;-1. The van der Waals surface area contributed by atoms with Gasteiger partial charge < -0.3 is 6.74 Å². The summed E-state index contributed by atoms with van der Waals surface area (Å²) in [6.45, 7) is 2.50. The van der Waals surface area contributed by atoms with Crippen molar-refractivity contribution in [3.05, 3.63) is 0 Å². The SMILES string of the molecule is C1CCNC1.[H-].[Na+]. The second-order valence-corrected chi connectivity index (χ2v) is 1.46. The van der Waals surface area contributed by atoms with Crippen LogP contribution in [0.5, 0.6) is 0 Å². The summed E-state index contributed by atoms with van der Waals surface area (Å²) in [5, 5.41) is 3.22. The molecule has 1 rings (SSSR count). The van der Waals surface area contributed by atoms with Gasteiger partial charge in [0, 0.05) is 0 Å². The fourth-order valence-electron chi connectivity index (χ4n) is 0.625. The third-order valence-corrected chi connectivity index (χ3v) is 0.957. The van der Waals surface area contributed by atoms with E-state index >= 15 is 0 Å². The van der Waals surface area contributed by atoms with Crippen molar-refractivity contribution in [3.63, 3.8) is 0 Å². The third kappa shape index (κ3) is 2.19. The summed E-state index contributed by atoms with van der Waals surface area (Å²) in [4.78, 5) is 0. The summed E-state index contributed by atoms with van der Waals surface area (Å²) >= 11 is 0. The van der Waals surface area contributed by atoms with Gasteiger partial charge in [-0.25, -0.2) is 0 Å². The van der Waals surface area contributed by atoms with Crippen molar-refractivity contribution < 1.29 is 31.0 Å². The smallest absolute Gasteiger partial charge is 1.00 e. The minimum atomic E-state index is 0. The van der Waals surface area contributed by atoms with Crippen LogP contribution in [0.2, 0.25) is 0 Å². The van der Waals surface area contributed by atoms with E-state index in [0.717, 1.165) is 0 Å². The first-order chi connectivity index (χ1) is 2.50. The van der Waals surface area contributed by atoms with Gasteiger partial charge in [-0.15, -0.1) is 0 Å². The summed E-state index contributed by atoms with van der Waals surface area (Å²) in [6.07, 6.45) is 2.78. The molecule has 2 heteroatoms. The maximum Gasteiger partial charge on any atom is 1.00 e. The minimum Gasteiger partial charge on any atom is -1.00 e. The van der Waals surface area contributed by atoms with Crippen molar-refractivity contribution in [1.29, 1.82) is 0 Å². The molecule has 0 unspecified atom stereocenters. The Labute approximate surface area is 62.3 Å². The van der Waals surface area contributed by atoms with Gasteiger partial charge in [0.05, 0.1) is 0 Å². The number of nitrogens with one attached hydrogen (secondary N) is 1. The number of hydrogen-bond acceptors (Lipinski definition) is 1. The second-order valence-electron chi connectivity index (χ2n) is 1.46. The molecule has 0 spiro atoms. The van der Waals surface area contributed by atoms with Crippen LogP contribution in [-0.4, -0.2) is 13.1 Å². The van der Waals surface area contributed by atoms with Crippen LogP contribution in [0.15, 0.2) is 0 Å². The number of rotatable bonds is 0. The molecule has 32 valence electrons. The molecule has 0 aromatic carbocycles. The molecule has 1 heterocycles. The summed E-state index contributed by atoms with van der Waals surface area (Å²) in [5.41, 5.74) is 0. The van der Waals surface area contributed by atoms with E-state index in [4.69, 9.17) is 0 Å². The van der Waals surface area contributed by atoms with E-state index in [2.05, 4.69) is 5.32 Å². The minimum absolute atomic E-state index is 0. The molecular weight excluding hydrogens is 85.0 g/mol. The van der Waals surface area contributed by atoms with E-state index in [1.165, 1.54) is 25.9 Å². The number of hydrogen-bond donors (Lipinski definition) is 1. The van der Waals surface area contributed by atoms with Gasteiger partial charge in [0.2, 0.25) is 0 Å². The Morgan fingerprint density at radius 1 is 1.17 bits per heavy atom. The molecule has 1 fully saturated rings. The van der Waals surface area contributed by atoms with E-state index < -0.39 is 0 Å². The summed E-state index contributed by atoms with van der Waals surface area (Å²) in [6, 6.07) is 0. The molecule has 0 bridgehead atoms. The van der Waals surface area contributed by atoms with Crippen molar-refractivity contribution in [1.82, 2.24) is 5.32 Å². The Balaban J connectivity index is 0. The quantitative estimate of drug-likeness (QED) is 0.328. The molecule has 0 radical (unpaired) electrons. The van der Waals surface area contributed by atoms with Gasteiger partial charge in [-0.2, -0.15) is 0 Å². The first-order valence-corrected chi connectivity index (χ1v) is 2.21. The summed E-state index contributed by atoms with van der Waals surface area (Å²) in [7, 11) is 0. The van der Waals surface area contributed by atoms with Gasteiger partial charge in [0.25, 0.3) is 0 Å². The van der Waals surface area contributed by atoms with Crippen LogP contribution < -0.4 is 34.9 Å². The van der Waals surface area contributed by atoms with Crippen molar-refractivity contribution in [2.75, 3.05) is 13.1 Å². The van der Waals surface area contributed by atoms with E-state index in [0.29, 0.717) is 0 Å². The van der Waals surface area contributed by atoms with Crippen LogP contribution in [0, 0.1) is 0 Å². The molecule has 1 nitrogen and oxygen atoms in total. The van der Waals surface area contributed by atoms with E-state index in [9.17, 15) is 0 Å². The summed E-state index contributed by atoms with van der Waals surface area (Å²) in [5.74, 6) is 0. The van der Waals surface area contributed by atoms with Crippen LogP contribution in [0.25, 0.3) is 0 Å². The Morgan fingerprint density at radius 3 is 1.83 bits per heavy atom. The van der Waals surface area contributed by atoms with Crippen molar-refractivity contribution >= 4 is 0 Å². The fourth-order valence-corrected chi connectivity index (χ4v) is 0.625. The predicted octanol–water partition coefficient (Wildman–Crippen LogP) is -2.51. The zero-order chi connectivity index (χ0) is 3.54. The molecule has 0 amide bonds. The molecule has 0 saturated carbocycles. The molecule has 1 aliphatic rings. The van der Waals surface area contributed by atoms with Gasteiger partial charge in [0.15, 0.2) is 0 Å². The van der Waals surface area contributed by atoms with Crippen LogP contribution in [0.3, 0.4) is 0 Å². The summed E-state index contributed by atoms with van der Waals surface area (Å²) < 4.78 is 0. The topological polar surface area (TPSA) is 12.0 Å². The zero-order valence-corrected chi connectivity index (χ0v) is 6.33. The van der Waals surface area contributed by atoms with Crippen LogP contribution in [0.1, 0.15) is 14.3 Å². The Kier molecular flexibility index (Phi) is 4.79. The van der Waals surface area contributed by atoms with Crippen LogP contribution in [-0.2, 0) is 0 Å². The molecule has 0 aliphatic carbocycles. The normalized spacial score (nSPS) is 20.0. The van der Waals surface area contributed by atoms with Crippen molar-refractivity contribution in [2.24, 2.45) is 0 Å². The van der Waals surface area contributed by atoms with Gasteiger partial charge in [-0.1, -0.05) is 0 Å². The molecule has 1 saturated heterocycles. The van der Waals surface area contributed by atoms with Crippen molar-refractivity contribution in [2.45, 2.75) is 12.8 Å². The molecule has 1 aliphatic heterocycles. The predicted molar refractivity (Wildman–Crippen MR) is 23.2 cm³/mol. The Morgan fingerprint density at radius 2 is 1.67 bits per heavy atom. The monoisotopic (exact) mass is 95.1 g/mol. The largest absolute Gasteiger partial charge is 1.00 e. The molecule has 6 heavy (non-hydrogen) atoms. The first-order valence-electron chi connectivity index (χ1n) is 2.21. The van der Waals surface area contributed by atoms with Gasteiger partial charge >= 0.3 is 29.6 Å². The average molecular weight is 95.1 g/mol. The average Bonchev–Trinajstić information content (AvgIpc) is 1.76. The molecular formula is C4H10NNa. The van der Waals surface area contributed by atoms with Crippen LogP contribution >= 0.6 is 0 Å². The van der Waals surface area contributed by atoms with Gasteiger partial charge in [-0.05, 0) is 25.9 Å². The molecule has 0 atom stereocenters. The van der Waals surface area contributed by atoms with Gasteiger partial charge in [0.1, 0.15) is 0 Å². The fraction of sp³-hybridized carbons (Fsp3) is 1.00. The molecule has 0 aromatic rings. The maximum atomic E-state index is 3.22. The van der Waals surface area contributed by atoms with E-state index in [1.807, 2.05) is 0 Å². The van der Waals surface area contributed by atoms with E-state index in [-0.39, 0.29) is 31.0 Å². The Bertz CT molecular complexity index is 23.3. The van der Waals surface area contributed by atoms with Crippen LogP contribution in [0.4, 0.5) is 0 Å². The first kappa shape index (κ1) is 6.96. The Hall–Kier alpha value is 0.960. The zero-order valence-electron chi connectivity index (χ0n) is 5.33. The third-order valence-electron chi connectivity index (χ3n) is 0.957. The second kappa shape index (κ2) is 4.13. The van der Waals surface area contributed by atoms with Gasteiger partial charge in [-0.3, -0.25) is 0 Å². The van der Waals surface area contributed by atoms with E-state index in [1.54, 1.807) is 0 Å². The maximum absolute atomic E-state index is 3.22.